The number of ether oxygens (including phenoxy) is 1. The van der Waals surface area contributed by atoms with Gasteiger partial charge in [-0.25, -0.2) is 4.39 Å². The Morgan fingerprint density at radius 2 is 2.00 bits per heavy atom. The van der Waals surface area contributed by atoms with Gasteiger partial charge in [-0.05, 0) is 36.5 Å². The van der Waals surface area contributed by atoms with E-state index in [1.165, 1.54) is 6.07 Å². The van der Waals surface area contributed by atoms with Crippen LogP contribution in [0.2, 0.25) is 0 Å². The second kappa shape index (κ2) is 6.69. The van der Waals surface area contributed by atoms with Gasteiger partial charge in [0.2, 0.25) is 5.91 Å². The van der Waals surface area contributed by atoms with Crippen LogP contribution in [0.1, 0.15) is 31.7 Å². The molecule has 1 aromatic rings. The molecule has 1 aromatic carbocycles. The normalized spacial score (nSPS) is 29.4. The van der Waals surface area contributed by atoms with Gasteiger partial charge in [0, 0.05) is 32.2 Å². The molecule has 0 aromatic heterocycles. The van der Waals surface area contributed by atoms with Gasteiger partial charge in [-0.1, -0.05) is 25.5 Å². The van der Waals surface area contributed by atoms with Crippen molar-refractivity contribution in [2.75, 3.05) is 39.4 Å². The summed E-state index contributed by atoms with van der Waals surface area (Å²) in [5.74, 6) is 0.413. The minimum atomic E-state index is -0.498. The molecule has 136 valence electrons. The number of carbonyl (C=O) groups is 1. The quantitative estimate of drug-likeness (QED) is 0.843. The number of hydrogen-bond acceptors (Lipinski definition) is 3. The monoisotopic (exact) mass is 346 g/mol. The van der Waals surface area contributed by atoms with Crippen molar-refractivity contribution in [3.8, 4) is 0 Å². The van der Waals surface area contributed by atoms with Crippen LogP contribution in [0.3, 0.4) is 0 Å². The first-order valence-corrected chi connectivity index (χ1v) is 9.47. The van der Waals surface area contributed by atoms with Crippen LogP contribution in [0.5, 0.6) is 0 Å². The van der Waals surface area contributed by atoms with Gasteiger partial charge in [0.1, 0.15) is 5.82 Å². The lowest BCUT2D eigenvalue weighted by atomic mass is 9.63. The van der Waals surface area contributed by atoms with Gasteiger partial charge in [0.05, 0.1) is 18.6 Å². The lowest BCUT2D eigenvalue weighted by Gasteiger charge is -2.43. The van der Waals surface area contributed by atoms with E-state index in [-0.39, 0.29) is 11.7 Å². The van der Waals surface area contributed by atoms with E-state index in [0.29, 0.717) is 12.0 Å². The van der Waals surface area contributed by atoms with Crippen molar-refractivity contribution >= 4 is 5.91 Å². The van der Waals surface area contributed by atoms with E-state index in [4.69, 9.17) is 4.74 Å². The number of hydrogen-bond donors (Lipinski definition) is 0. The smallest absolute Gasteiger partial charge is 0.233 e. The number of rotatable bonds is 3. The number of morpholine rings is 1. The average molecular weight is 346 g/mol. The zero-order valence-corrected chi connectivity index (χ0v) is 14.9. The molecule has 1 amide bonds. The fourth-order valence-electron chi connectivity index (χ4n) is 4.75. The Morgan fingerprint density at radius 3 is 2.64 bits per heavy atom. The molecule has 0 spiro atoms. The van der Waals surface area contributed by atoms with E-state index in [9.17, 15) is 9.18 Å². The maximum atomic E-state index is 13.7. The van der Waals surface area contributed by atoms with E-state index in [2.05, 4.69) is 11.8 Å². The summed E-state index contributed by atoms with van der Waals surface area (Å²) < 4.78 is 19.2. The Bertz CT molecular complexity index is 640. The molecule has 2 atom stereocenters. The molecule has 2 heterocycles. The fourth-order valence-corrected chi connectivity index (χ4v) is 4.75. The summed E-state index contributed by atoms with van der Waals surface area (Å²) in [5.41, 5.74) is 0.355. The van der Waals surface area contributed by atoms with Crippen LogP contribution < -0.4 is 0 Å². The van der Waals surface area contributed by atoms with Gasteiger partial charge in [-0.2, -0.15) is 0 Å². The van der Waals surface area contributed by atoms with E-state index in [1.807, 2.05) is 11.0 Å². The van der Waals surface area contributed by atoms with Crippen molar-refractivity contribution in [1.82, 2.24) is 9.80 Å². The number of benzene rings is 1. The van der Waals surface area contributed by atoms with Crippen molar-refractivity contribution < 1.29 is 13.9 Å². The molecule has 2 saturated heterocycles. The van der Waals surface area contributed by atoms with Crippen LogP contribution in [0.15, 0.2) is 24.3 Å². The molecule has 4 nitrogen and oxygen atoms in total. The maximum Gasteiger partial charge on any atom is 0.233 e. The van der Waals surface area contributed by atoms with Gasteiger partial charge in [-0.15, -0.1) is 0 Å². The molecule has 3 fully saturated rings. The first-order valence-electron chi connectivity index (χ1n) is 9.47. The Balaban J connectivity index is 1.52. The molecule has 0 radical (unpaired) electrons. The highest BCUT2D eigenvalue weighted by Crippen LogP contribution is 2.46. The van der Waals surface area contributed by atoms with Crippen LogP contribution in [-0.2, 0) is 14.9 Å². The number of carbonyl (C=O) groups excluding carboxylic acids is 1. The minimum absolute atomic E-state index is 0.201. The molecule has 3 aliphatic rings. The third-order valence-electron chi connectivity index (χ3n) is 6.37. The van der Waals surface area contributed by atoms with Crippen LogP contribution >= 0.6 is 0 Å². The second-order valence-electron chi connectivity index (χ2n) is 7.85. The van der Waals surface area contributed by atoms with E-state index in [0.717, 1.165) is 64.2 Å². The molecular formula is C20H27FN2O2. The second-order valence-corrected chi connectivity index (χ2v) is 7.85. The Hall–Kier alpha value is -1.46. The number of halogens is 1. The van der Waals surface area contributed by atoms with Crippen molar-refractivity contribution in [1.29, 1.82) is 0 Å². The largest absolute Gasteiger partial charge is 0.379 e. The van der Waals surface area contributed by atoms with E-state index >= 15 is 0 Å². The molecule has 2 aliphatic heterocycles. The summed E-state index contributed by atoms with van der Waals surface area (Å²) in [6.07, 6.45) is 2.71. The Kier molecular flexibility index (Phi) is 4.54. The fraction of sp³-hybridized carbons (Fsp3) is 0.650. The van der Waals surface area contributed by atoms with Crippen molar-refractivity contribution in [2.24, 2.45) is 5.92 Å². The summed E-state index contributed by atoms with van der Waals surface area (Å²) in [4.78, 5) is 17.9. The van der Waals surface area contributed by atoms with Gasteiger partial charge in [0.25, 0.3) is 0 Å². The maximum absolute atomic E-state index is 13.7. The summed E-state index contributed by atoms with van der Waals surface area (Å²) in [6.45, 7) is 7.30. The van der Waals surface area contributed by atoms with E-state index < -0.39 is 5.41 Å². The van der Waals surface area contributed by atoms with Crippen molar-refractivity contribution in [3.63, 3.8) is 0 Å². The summed E-state index contributed by atoms with van der Waals surface area (Å²) in [5, 5.41) is 0. The molecule has 5 heteroatoms. The predicted molar refractivity (Wildman–Crippen MR) is 93.9 cm³/mol. The zero-order chi connectivity index (χ0) is 17.4. The highest BCUT2D eigenvalue weighted by Gasteiger charge is 2.50. The summed E-state index contributed by atoms with van der Waals surface area (Å²) >= 11 is 0. The molecule has 1 aliphatic carbocycles. The van der Waals surface area contributed by atoms with Crippen LogP contribution in [0, 0.1) is 11.7 Å². The van der Waals surface area contributed by atoms with Gasteiger partial charge in [0.15, 0.2) is 0 Å². The van der Waals surface area contributed by atoms with Crippen LogP contribution in [0.25, 0.3) is 0 Å². The van der Waals surface area contributed by atoms with Crippen LogP contribution in [0.4, 0.5) is 4.39 Å². The molecule has 0 N–H and O–H groups in total. The van der Waals surface area contributed by atoms with Gasteiger partial charge >= 0.3 is 0 Å². The topological polar surface area (TPSA) is 32.8 Å². The van der Waals surface area contributed by atoms with E-state index in [1.54, 1.807) is 12.1 Å². The number of nitrogens with zero attached hydrogens (tertiary/aromatic N) is 2. The molecular weight excluding hydrogens is 319 g/mol. The highest BCUT2D eigenvalue weighted by molar-refractivity contribution is 5.89. The number of amides is 1. The lowest BCUT2D eigenvalue weighted by Crippen LogP contribution is -2.51. The third-order valence-corrected chi connectivity index (χ3v) is 6.37. The van der Waals surface area contributed by atoms with Crippen molar-refractivity contribution in [2.45, 2.75) is 37.6 Å². The molecule has 25 heavy (non-hydrogen) atoms. The van der Waals surface area contributed by atoms with Gasteiger partial charge < -0.3 is 9.64 Å². The highest BCUT2D eigenvalue weighted by atomic mass is 19.1. The first kappa shape index (κ1) is 17.0. The lowest BCUT2D eigenvalue weighted by molar-refractivity contribution is -0.140. The molecule has 2 unspecified atom stereocenters. The average Bonchev–Trinajstić information content (AvgIpc) is 2.96. The third kappa shape index (κ3) is 2.97. The standard InChI is InChI=1S/C20H27FN2O2/c1-15-13-23(14-18(15)22-8-10-25-11-9-22)19(24)20(6-3-7-20)16-4-2-5-17(21)12-16/h2,4-5,12,15,18H,3,6-11,13-14H2,1H3. The zero-order valence-electron chi connectivity index (χ0n) is 14.9. The Morgan fingerprint density at radius 1 is 1.24 bits per heavy atom. The first-order chi connectivity index (χ1) is 12.1. The Labute approximate surface area is 148 Å². The SMILES string of the molecule is CC1CN(C(=O)C2(c3cccc(F)c3)CCC2)CC1N1CCOCC1. The van der Waals surface area contributed by atoms with Crippen molar-refractivity contribution in [3.05, 3.63) is 35.6 Å². The minimum Gasteiger partial charge on any atom is -0.379 e. The molecule has 1 saturated carbocycles. The summed E-state index contributed by atoms with van der Waals surface area (Å²) in [6, 6.07) is 7.06. The molecule has 0 bridgehead atoms. The van der Waals surface area contributed by atoms with Crippen LogP contribution in [-0.4, -0.2) is 61.1 Å². The predicted octanol–water partition coefficient (Wildman–Crippen LogP) is 2.43. The summed E-state index contributed by atoms with van der Waals surface area (Å²) in [7, 11) is 0. The number of likely N-dealkylation sites (tertiary alicyclic amines) is 1. The van der Waals surface area contributed by atoms with Gasteiger partial charge in [-0.3, -0.25) is 9.69 Å². The molecule has 4 rings (SSSR count).